The third kappa shape index (κ3) is 3.41. The number of hydrogen-bond acceptors (Lipinski definition) is 2. The number of carbonyl (C=O) groups excluding carboxylic acids is 1. The summed E-state index contributed by atoms with van der Waals surface area (Å²) in [6.07, 6.45) is 4.02. The van der Waals surface area contributed by atoms with Gasteiger partial charge in [0.1, 0.15) is 5.75 Å². The summed E-state index contributed by atoms with van der Waals surface area (Å²) in [6.45, 7) is 7.13. The van der Waals surface area contributed by atoms with Crippen molar-refractivity contribution in [3.8, 4) is 16.9 Å². The van der Waals surface area contributed by atoms with Crippen LogP contribution < -0.4 is 5.73 Å². The molecule has 0 saturated heterocycles. The SMILES string of the molecule is CCCCn1c(C)c(C(N)=O)c(-c2cccc(O)c2)c1CCC. The highest BCUT2D eigenvalue weighted by molar-refractivity contribution is 6.02. The van der Waals surface area contributed by atoms with Crippen molar-refractivity contribution in [3.05, 3.63) is 41.2 Å². The Bertz CT molecular complexity index is 702. The summed E-state index contributed by atoms with van der Waals surface area (Å²) < 4.78 is 2.23. The van der Waals surface area contributed by atoms with Gasteiger partial charge in [-0.1, -0.05) is 38.8 Å². The molecule has 0 aliphatic carbocycles. The normalized spacial score (nSPS) is 10.9. The molecule has 23 heavy (non-hydrogen) atoms. The molecule has 0 unspecified atom stereocenters. The van der Waals surface area contributed by atoms with Crippen molar-refractivity contribution in [1.82, 2.24) is 4.57 Å². The first kappa shape index (κ1) is 17.1. The number of aromatic hydroxyl groups is 1. The summed E-state index contributed by atoms with van der Waals surface area (Å²) in [7, 11) is 0. The second kappa shape index (κ2) is 7.36. The Morgan fingerprint density at radius 2 is 2.00 bits per heavy atom. The number of aromatic nitrogens is 1. The van der Waals surface area contributed by atoms with Gasteiger partial charge >= 0.3 is 0 Å². The van der Waals surface area contributed by atoms with Gasteiger partial charge < -0.3 is 15.4 Å². The average Bonchev–Trinajstić information content (AvgIpc) is 2.78. The van der Waals surface area contributed by atoms with E-state index in [4.69, 9.17) is 5.73 Å². The summed E-state index contributed by atoms with van der Waals surface area (Å²) in [5.74, 6) is -0.215. The van der Waals surface area contributed by atoms with Crippen molar-refractivity contribution in [2.45, 2.75) is 53.0 Å². The molecule has 0 fully saturated rings. The number of phenols is 1. The maximum absolute atomic E-state index is 12.1. The summed E-state index contributed by atoms with van der Waals surface area (Å²) >= 11 is 0. The number of hydrogen-bond donors (Lipinski definition) is 2. The lowest BCUT2D eigenvalue weighted by Crippen LogP contribution is -2.13. The van der Waals surface area contributed by atoms with Gasteiger partial charge in [0.25, 0.3) is 5.91 Å². The number of primary amides is 1. The second-order valence-electron chi connectivity index (χ2n) is 5.95. The largest absolute Gasteiger partial charge is 0.508 e. The Morgan fingerprint density at radius 1 is 1.26 bits per heavy atom. The number of carbonyl (C=O) groups is 1. The molecule has 2 aromatic rings. The van der Waals surface area contributed by atoms with E-state index >= 15 is 0 Å². The van der Waals surface area contributed by atoms with Gasteiger partial charge in [-0.15, -0.1) is 0 Å². The molecule has 2 rings (SSSR count). The van der Waals surface area contributed by atoms with Crippen molar-refractivity contribution in [2.24, 2.45) is 5.73 Å². The van der Waals surface area contributed by atoms with Crippen LogP contribution in [0.25, 0.3) is 11.1 Å². The van der Waals surface area contributed by atoms with Crippen molar-refractivity contribution in [3.63, 3.8) is 0 Å². The molecule has 0 aliphatic heterocycles. The van der Waals surface area contributed by atoms with E-state index in [9.17, 15) is 9.90 Å². The van der Waals surface area contributed by atoms with Gasteiger partial charge in [0, 0.05) is 23.5 Å². The Labute approximate surface area is 137 Å². The van der Waals surface area contributed by atoms with E-state index in [1.54, 1.807) is 18.2 Å². The highest BCUT2D eigenvalue weighted by atomic mass is 16.3. The van der Waals surface area contributed by atoms with E-state index in [1.807, 2.05) is 13.0 Å². The Kier molecular flexibility index (Phi) is 5.48. The van der Waals surface area contributed by atoms with E-state index in [-0.39, 0.29) is 5.75 Å². The van der Waals surface area contributed by atoms with Gasteiger partial charge in [-0.2, -0.15) is 0 Å². The standard InChI is InChI=1S/C19H26N2O2/c1-4-6-11-21-13(3)17(19(20)23)18(16(21)8-5-2)14-9-7-10-15(22)12-14/h7,9-10,12,22H,4-6,8,11H2,1-3H3,(H2,20,23). The Balaban J connectivity index is 2.73. The van der Waals surface area contributed by atoms with Gasteiger partial charge in [-0.3, -0.25) is 4.79 Å². The lowest BCUT2D eigenvalue weighted by atomic mass is 9.98. The summed E-state index contributed by atoms with van der Waals surface area (Å²) in [5.41, 5.74) is 10.0. The predicted molar refractivity (Wildman–Crippen MR) is 93.7 cm³/mol. The Morgan fingerprint density at radius 3 is 2.57 bits per heavy atom. The van der Waals surface area contributed by atoms with Crippen molar-refractivity contribution in [1.29, 1.82) is 0 Å². The zero-order chi connectivity index (χ0) is 17.0. The summed E-state index contributed by atoms with van der Waals surface area (Å²) in [5, 5.41) is 9.82. The van der Waals surface area contributed by atoms with Crippen LogP contribution in [0.15, 0.2) is 24.3 Å². The highest BCUT2D eigenvalue weighted by Gasteiger charge is 2.24. The number of amides is 1. The molecule has 0 spiro atoms. The van der Waals surface area contributed by atoms with Crippen LogP contribution in [-0.2, 0) is 13.0 Å². The van der Waals surface area contributed by atoms with Crippen LogP contribution in [0.1, 0.15) is 54.9 Å². The molecular weight excluding hydrogens is 288 g/mol. The number of unbranched alkanes of at least 4 members (excludes halogenated alkanes) is 1. The topological polar surface area (TPSA) is 68.2 Å². The molecule has 0 saturated carbocycles. The third-order valence-electron chi connectivity index (χ3n) is 4.23. The number of benzene rings is 1. The average molecular weight is 314 g/mol. The first-order valence-electron chi connectivity index (χ1n) is 8.32. The molecule has 3 N–H and O–H groups in total. The molecule has 0 radical (unpaired) electrons. The first-order valence-corrected chi connectivity index (χ1v) is 8.32. The van der Waals surface area contributed by atoms with Gasteiger partial charge in [0.15, 0.2) is 0 Å². The zero-order valence-electron chi connectivity index (χ0n) is 14.2. The number of nitrogens with zero attached hydrogens (tertiary/aromatic N) is 1. The van der Waals surface area contributed by atoms with Crippen molar-refractivity contribution < 1.29 is 9.90 Å². The molecule has 0 atom stereocenters. The molecule has 0 aliphatic rings. The second-order valence-corrected chi connectivity index (χ2v) is 5.95. The van der Waals surface area contributed by atoms with Crippen LogP contribution >= 0.6 is 0 Å². The fraction of sp³-hybridized carbons (Fsp3) is 0.421. The summed E-state index contributed by atoms with van der Waals surface area (Å²) in [6, 6.07) is 7.05. The molecule has 4 nitrogen and oxygen atoms in total. The van der Waals surface area contributed by atoms with Crippen LogP contribution in [0, 0.1) is 6.92 Å². The minimum atomic E-state index is -0.409. The molecule has 1 aromatic carbocycles. The predicted octanol–water partition coefficient (Wildman–Crippen LogP) is 4.02. The highest BCUT2D eigenvalue weighted by Crippen LogP contribution is 2.35. The molecule has 1 aromatic heterocycles. The number of phenolic OH excluding ortho intramolecular Hbond substituents is 1. The quantitative estimate of drug-likeness (QED) is 0.810. The van der Waals surface area contributed by atoms with Gasteiger partial charge in [-0.05, 0) is 37.5 Å². The number of nitrogens with two attached hydrogens (primary N) is 1. The smallest absolute Gasteiger partial charge is 0.251 e. The Hall–Kier alpha value is -2.23. The van der Waals surface area contributed by atoms with E-state index in [2.05, 4.69) is 18.4 Å². The third-order valence-corrected chi connectivity index (χ3v) is 4.23. The lowest BCUT2D eigenvalue weighted by Gasteiger charge is -2.12. The minimum Gasteiger partial charge on any atom is -0.508 e. The van der Waals surface area contributed by atoms with E-state index in [0.29, 0.717) is 5.56 Å². The van der Waals surface area contributed by atoms with Gasteiger partial charge in [0.2, 0.25) is 0 Å². The minimum absolute atomic E-state index is 0.194. The molecule has 0 bridgehead atoms. The van der Waals surface area contributed by atoms with Crippen molar-refractivity contribution >= 4 is 5.91 Å². The van der Waals surface area contributed by atoms with E-state index in [1.165, 1.54) is 0 Å². The fourth-order valence-electron chi connectivity index (χ4n) is 3.19. The van der Waals surface area contributed by atoms with Gasteiger partial charge in [-0.25, -0.2) is 0 Å². The lowest BCUT2D eigenvalue weighted by molar-refractivity contribution is 0.1000. The van der Waals surface area contributed by atoms with Crippen LogP contribution in [0.2, 0.25) is 0 Å². The fourth-order valence-corrected chi connectivity index (χ4v) is 3.19. The first-order chi connectivity index (χ1) is 11.0. The van der Waals surface area contributed by atoms with Crippen molar-refractivity contribution in [2.75, 3.05) is 0 Å². The molecule has 1 amide bonds. The van der Waals surface area contributed by atoms with Crippen LogP contribution in [0.4, 0.5) is 0 Å². The van der Waals surface area contributed by atoms with Gasteiger partial charge in [0.05, 0.1) is 5.56 Å². The zero-order valence-corrected chi connectivity index (χ0v) is 14.2. The molecule has 1 heterocycles. The monoisotopic (exact) mass is 314 g/mol. The number of rotatable bonds is 7. The molecule has 124 valence electrons. The molecule has 4 heteroatoms. The van der Waals surface area contributed by atoms with Crippen LogP contribution in [-0.4, -0.2) is 15.6 Å². The molecular formula is C19H26N2O2. The van der Waals surface area contributed by atoms with E-state index in [0.717, 1.165) is 54.7 Å². The van der Waals surface area contributed by atoms with Crippen LogP contribution in [0.3, 0.4) is 0 Å². The maximum Gasteiger partial charge on any atom is 0.251 e. The summed E-state index contributed by atoms with van der Waals surface area (Å²) in [4.78, 5) is 12.1. The van der Waals surface area contributed by atoms with Crippen LogP contribution in [0.5, 0.6) is 5.75 Å². The van der Waals surface area contributed by atoms with E-state index < -0.39 is 5.91 Å². The maximum atomic E-state index is 12.1.